The average Bonchev–Trinajstić information content (AvgIpc) is 2.89. The highest BCUT2D eigenvalue weighted by Crippen LogP contribution is 2.33. The van der Waals surface area contributed by atoms with E-state index in [1.54, 1.807) is 4.68 Å². The lowest BCUT2D eigenvalue weighted by molar-refractivity contribution is 0.427. The van der Waals surface area contributed by atoms with Crippen LogP contribution in [0.15, 0.2) is 42.5 Å². The fourth-order valence-corrected chi connectivity index (χ4v) is 2.90. The molecule has 0 amide bonds. The van der Waals surface area contributed by atoms with Crippen LogP contribution >= 0.6 is 0 Å². The first-order valence-electron chi connectivity index (χ1n) is 8.46. The first kappa shape index (κ1) is 16.3. The summed E-state index contributed by atoms with van der Waals surface area (Å²) in [7, 11) is 0. The predicted octanol–water partition coefficient (Wildman–Crippen LogP) is 5.12. The summed E-state index contributed by atoms with van der Waals surface area (Å²) in [6, 6.07) is 14.4. The van der Waals surface area contributed by atoms with E-state index in [1.807, 2.05) is 6.07 Å². The van der Waals surface area contributed by atoms with Crippen molar-refractivity contribution in [2.24, 2.45) is 0 Å². The van der Waals surface area contributed by atoms with E-state index in [2.05, 4.69) is 64.1 Å². The Labute approximate surface area is 143 Å². The van der Waals surface area contributed by atoms with Crippen LogP contribution in [0.5, 0.6) is 5.88 Å². The molecule has 0 aliphatic heterocycles. The number of hydrogen-bond donors (Lipinski definition) is 1. The van der Waals surface area contributed by atoms with Crippen molar-refractivity contribution in [2.45, 2.75) is 40.5 Å². The molecule has 3 nitrogen and oxygen atoms in total. The van der Waals surface area contributed by atoms with Gasteiger partial charge in [-0.3, -0.25) is 0 Å². The van der Waals surface area contributed by atoms with Gasteiger partial charge in [0.2, 0.25) is 5.88 Å². The van der Waals surface area contributed by atoms with Crippen molar-refractivity contribution in [1.82, 2.24) is 9.78 Å². The van der Waals surface area contributed by atoms with Crippen molar-refractivity contribution in [3.63, 3.8) is 0 Å². The van der Waals surface area contributed by atoms with Gasteiger partial charge in [0, 0.05) is 11.1 Å². The molecule has 3 aromatic rings. The minimum Gasteiger partial charge on any atom is -0.493 e. The SMILES string of the molecule is CCCc1c(-c2ccc(C)cc2)nn(-c2ccc(C)c(C)c2)c1O. The molecule has 1 N–H and O–H groups in total. The normalized spacial score (nSPS) is 11.0. The van der Waals surface area contributed by atoms with Gasteiger partial charge in [-0.2, -0.15) is 5.10 Å². The number of nitrogens with zero attached hydrogens (tertiary/aromatic N) is 2. The number of aryl methyl sites for hydroxylation is 3. The molecular formula is C21H24N2O. The molecule has 0 aliphatic carbocycles. The number of aromatic nitrogens is 2. The second kappa shape index (κ2) is 6.52. The zero-order valence-corrected chi connectivity index (χ0v) is 14.8. The van der Waals surface area contributed by atoms with Crippen molar-refractivity contribution in [1.29, 1.82) is 0 Å². The molecular weight excluding hydrogens is 296 g/mol. The molecule has 0 saturated carbocycles. The lowest BCUT2D eigenvalue weighted by Gasteiger charge is -2.06. The largest absolute Gasteiger partial charge is 0.493 e. The minimum atomic E-state index is 0.246. The zero-order chi connectivity index (χ0) is 17.3. The lowest BCUT2D eigenvalue weighted by Crippen LogP contribution is -1.97. The molecule has 0 saturated heterocycles. The monoisotopic (exact) mass is 320 g/mol. The van der Waals surface area contributed by atoms with Crippen LogP contribution in [0.4, 0.5) is 0 Å². The van der Waals surface area contributed by atoms with Crippen molar-refractivity contribution < 1.29 is 5.11 Å². The molecule has 0 bridgehead atoms. The Kier molecular flexibility index (Phi) is 4.43. The summed E-state index contributed by atoms with van der Waals surface area (Å²) in [5.74, 6) is 0.246. The van der Waals surface area contributed by atoms with Crippen LogP contribution in [-0.4, -0.2) is 14.9 Å². The first-order chi connectivity index (χ1) is 11.5. The molecule has 124 valence electrons. The quantitative estimate of drug-likeness (QED) is 0.724. The van der Waals surface area contributed by atoms with Crippen LogP contribution < -0.4 is 0 Å². The summed E-state index contributed by atoms with van der Waals surface area (Å²) < 4.78 is 1.66. The molecule has 3 rings (SSSR count). The van der Waals surface area contributed by atoms with Gasteiger partial charge in [-0.15, -0.1) is 0 Å². The molecule has 24 heavy (non-hydrogen) atoms. The van der Waals surface area contributed by atoms with Crippen LogP contribution in [0.2, 0.25) is 0 Å². The third kappa shape index (κ3) is 2.94. The Morgan fingerprint density at radius 3 is 2.29 bits per heavy atom. The van der Waals surface area contributed by atoms with Gasteiger partial charge in [0.15, 0.2) is 0 Å². The summed E-state index contributed by atoms with van der Waals surface area (Å²) in [5, 5.41) is 15.5. The first-order valence-corrected chi connectivity index (χ1v) is 8.46. The number of benzene rings is 2. The number of rotatable bonds is 4. The van der Waals surface area contributed by atoms with Gasteiger partial charge >= 0.3 is 0 Å². The highest BCUT2D eigenvalue weighted by molar-refractivity contribution is 5.66. The maximum absolute atomic E-state index is 10.8. The third-order valence-electron chi connectivity index (χ3n) is 4.52. The van der Waals surface area contributed by atoms with Crippen LogP contribution in [0.1, 0.15) is 35.6 Å². The van der Waals surface area contributed by atoms with Crippen LogP contribution in [0.3, 0.4) is 0 Å². The van der Waals surface area contributed by atoms with Gasteiger partial charge in [0.05, 0.1) is 11.4 Å². The smallest absolute Gasteiger partial charge is 0.218 e. The topological polar surface area (TPSA) is 38.0 Å². The van der Waals surface area contributed by atoms with E-state index in [4.69, 9.17) is 5.10 Å². The number of hydrogen-bond acceptors (Lipinski definition) is 2. The highest BCUT2D eigenvalue weighted by Gasteiger charge is 2.19. The third-order valence-corrected chi connectivity index (χ3v) is 4.52. The molecule has 0 fully saturated rings. The average molecular weight is 320 g/mol. The zero-order valence-electron chi connectivity index (χ0n) is 14.8. The Hall–Kier alpha value is -2.55. The maximum atomic E-state index is 10.8. The van der Waals surface area contributed by atoms with Crippen LogP contribution in [0.25, 0.3) is 16.9 Å². The van der Waals surface area contributed by atoms with Crippen molar-refractivity contribution in [2.75, 3.05) is 0 Å². The standard InChI is InChI=1S/C21H24N2O/c1-5-6-19-20(17-10-7-14(2)8-11-17)22-23(21(19)24)18-12-9-15(3)16(4)13-18/h7-13,24H,5-6H2,1-4H3. The van der Waals surface area contributed by atoms with E-state index in [-0.39, 0.29) is 5.88 Å². The van der Waals surface area contributed by atoms with E-state index in [1.165, 1.54) is 16.7 Å². The highest BCUT2D eigenvalue weighted by atomic mass is 16.3. The fourth-order valence-electron chi connectivity index (χ4n) is 2.90. The Morgan fingerprint density at radius 1 is 0.958 bits per heavy atom. The maximum Gasteiger partial charge on any atom is 0.218 e. The Morgan fingerprint density at radius 2 is 1.67 bits per heavy atom. The van der Waals surface area contributed by atoms with E-state index in [0.717, 1.165) is 35.3 Å². The molecule has 1 heterocycles. The summed E-state index contributed by atoms with van der Waals surface area (Å²) >= 11 is 0. The van der Waals surface area contributed by atoms with Gasteiger partial charge in [0.25, 0.3) is 0 Å². The van der Waals surface area contributed by atoms with Crippen LogP contribution in [0, 0.1) is 20.8 Å². The lowest BCUT2D eigenvalue weighted by atomic mass is 10.0. The van der Waals surface area contributed by atoms with Gasteiger partial charge in [0.1, 0.15) is 0 Å². The van der Waals surface area contributed by atoms with Gasteiger partial charge in [-0.25, -0.2) is 4.68 Å². The van der Waals surface area contributed by atoms with E-state index >= 15 is 0 Å². The minimum absolute atomic E-state index is 0.246. The molecule has 0 unspecified atom stereocenters. The summed E-state index contributed by atoms with van der Waals surface area (Å²) in [6.45, 7) is 8.35. The van der Waals surface area contributed by atoms with Gasteiger partial charge in [-0.05, 0) is 50.5 Å². The van der Waals surface area contributed by atoms with E-state index < -0.39 is 0 Å². The van der Waals surface area contributed by atoms with Crippen molar-refractivity contribution in [3.8, 4) is 22.8 Å². The molecule has 3 heteroatoms. The predicted molar refractivity (Wildman–Crippen MR) is 98.9 cm³/mol. The molecule has 0 spiro atoms. The van der Waals surface area contributed by atoms with Crippen molar-refractivity contribution in [3.05, 3.63) is 64.7 Å². The van der Waals surface area contributed by atoms with Gasteiger partial charge < -0.3 is 5.11 Å². The number of aromatic hydroxyl groups is 1. The molecule has 0 radical (unpaired) electrons. The summed E-state index contributed by atoms with van der Waals surface area (Å²) in [5.41, 5.74) is 7.36. The molecule has 0 aliphatic rings. The summed E-state index contributed by atoms with van der Waals surface area (Å²) in [6.07, 6.45) is 1.77. The van der Waals surface area contributed by atoms with E-state index in [0.29, 0.717) is 0 Å². The molecule has 0 atom stereocenters. The van der Waals surface area contributed by atoms with E-state index in [9.17, 15) is 5.11 Å². The molecule has 1 aromatic heterocycles. The second-order valence-corrected chi connectivity index (χ2v) is 6.45. The van der Waals surface area contributed by atoms with Gasteiger partial charge in [-0.1, -0.05) is 49.2 Å². The Bertz CT molecular complexity index is 860. The fraction of sp³-hybridized carbons (Fsp3) is 0.286. The summed E-state index contributed by atoms with van der Waals surface area (Å²) in [4.78, 5) is 0. The van der Waals surface area contributed by atoms with Crippen molar-refractivity contribution >= 4 is 0 Å². The Balaban J connectivity index is 2.16. The van der Waals surface area contributed by atoms with Crippen LogP contribution in [-0.2, 0) is 6.42 Å². The molecule has 2 aromatic carbocycles. The second-order valence-electron chi connectivity index (χ2n) is 6.45.